The van der Waals surface area contributed by atoms with E-state index in [4.69, 9.17) is 11.6 Å². The summed E-state index contributed by atoms with van der Waals surface area (Å²) in [5.41, 5.74) is 6.90. The van der Waals surface area contributed by atoms with Gasteiger partial charge in [-0.3, -0.25) is 28.8 Å². The predicted octanol–water partition coefficient (Wildman–Crippen LogP) is 9.77. The molecule has 54 heavy (non-hydrogen) atoms. The van der Waals surface area contributed by atoms with E-state index >= 15 is 0 Å². The van der Waals surface area contributed by atoms with Crippen LogP contribution in [0.4, 0.5) is 0 Å². The first kappa shape index (κ1) is 36.0. The molecule has 0 spiro atoms. The second-order valence-corrected chi connectivity index (χ2v) is 13.6. The lowest BCUT2D eigenvalue weighted by Gasteiger charge is -2.18. The van der Waals surface area contributed by atoms with Gasteiger partial charge in [-0.05, 0) is 30.5 Å². The molecule has 3 aliphatic rings. The molecule has 0 aromatic heterocycles. The first-order valence-electron chi connectivity index (χ1n) is 17.8. The van der Waals surface area contributed by atoms with E-state index in [1.807, 2.05) is 18.2 Å². The largest absolute Gasteiger partial charge is 0.289 e. The van der Waals surface area contributed by atoms with E-state index < -0.39 is 0 Å². The molecule has 6 aromatic rings. The van der Waals surface area contributed by atoms with Crippen LogP contribution in [0.3, 0.4) is 0 Å². The van der Waals surface area contributed by atoms with Gasteiger partial charge in [0.15, 0.2) is 34.7 Å². The van der Waals surface area contributed by atoms with Crippen molar-refractivity contribution in [2.24, 2.45) is 0 Å². The Kier molecular flexibility index (Phi) is 10.2. The van der Waals surface area contributed by atoms with E-state index in [0.29, 0.717) is 71.8 Å². The third kappa shape index (κ3) is 6.57. The SMILES string of the molecule is CCCCCc1ccc2c(c1)C(=O)c1ccccc1C2=O.O=C1c2ccccc2C(=O)c2c(Cl)cccc21.O=C1c2ccccc2C(=O)c2ccccc21. The number of hydrogen-bond acceptors (Lipinski definition) is 6. The van der Waals surface area contributed by atoms with Crippen molar-refractivity contribution in [3.05, 3.63) is 211 Å². The Morgan fingerprint density at radius 2 is 0.722 bits per heavy atom. The molecule has 0 atom stereocenters. The van der Waals surface area contributed by atoms with Crippen LogP contribution in [0.2, 0.25) is 5.02 Å². The fourth-order valence-corrected chi connectivity index (χ4v) is 7.29. The minimum atomic E-state index is -0.180. The second kappa shape index (κ2) is 15.3. The van der Waals surface area contributed by atoms with Crippen molar-refractivity contribution < 1.29 is 28.8 Å². The first-order valence-corrected chi connectivity index (χ1v) is 18.1. The highest BCUT2D eigenvalue weighted by molar-refractivity contribution is 6.39. The maximum Gasteiger partial charge on any atom is 0.196 e. The fraction of sp³-hybridized carbons (Fsp3) is 0.106. The van der Waals surface area contributed by atoms with E-state index in [1.54, 1.807) is 115 Å². The molecule has 0 aliphatic heterocycles. The molecule has 9 rings (SSSR count). The van der Waals surface area contributed by atoms with Crippen LogP contribution in [0.15, 0.2) is 133 Å². The van der Waals surface area contributed by atoms with Gasteiger partial charge in [-0.2, -0.15) is 0 Å². The minimum Gasteiger partial charge on any atom is -0.289 e. The molecule has 6 nitrogen and oxygen atoms in total. The van der Waals surface area contributed by atoms with E-state index in [-0.39, 0.29) is 34.7 Å². The number of carbonyl (C=O) groups is 6. The summed E-state index contributed by atoms with van der Waals surface area (Å²) in [5, 5.41) is 0.329. The number of benzene rings is 6. The molecule has 0 heterocycles. The maximum atomic E-state index is 12.6. The molecule has 0 bridgehead atoms. The molecular weight excluding hydrogens is 696 g/mol. The number of ketones is 6. The Hall–Kier alpha value is -6.37. The zero-order chi connectivity index (χ0) is 37.9. The maximum absolute atomic E-state index is 12.6. The van der Waals surface area contributed by atoms with Gasteiger partial charge in [-0.1, -0.05) is 153 Å². The molecule has 0 amide bonds. The van der Waals surface area contributed by atoms with Crippen LogP contribution in [-0.4, -0.2) is 34.7 Å². The Morgan fingerprint density at radius 3 is 1.15 bits per heavy atom. The molecule has 0 fully saturated rings. The molecule has 0 N–H and O–H groups in total. The van der Waals surface area contributed by atoms with Crippen molar-refractivity contribution in [3.8, 4) is 0 Å². The number of unbranched alkanes of at least 4 members (excludes halogenated alkanes) is 2. The van der Waals surface area contributed by atoms with E-state index in [1.165, 1.54) is 12.8 Å². The minimum absolute atomic E-state index is 0.0301. The standard InChI is InChI=1S/C19H18O2.C14H7ClO2.C14H8O2/c1-2-3-4-7-13-10-11-16-17(12-13)19(21)15-9-6-5-8-14(15)18(16)20;15-11-7-3-6-10-12(11)14(17)9-5-2-1-4-8(9)13(10)16;15-13-9-5-1-2-6-10(9)14(16)12-8-4-3-7-11(12)13/h5-6,8-12H,2-4,7H2,1H3;1-7H;1-8H. The van der Waals surface area contributed by atoms with E-state index in [9.17, 15) is 28.8 Å². The first-order chi connectivity index (χ1) is 26.2. The van der Waals surface area contributed by atoms with Gasteiger partial charge in [0.2, 0.25) is 0 Å². The summed E-state index contributed by atoms with van der Waals surface area (Å²) in [4.78, 5) is 73.7. The average Bonchev–Trinajstić information content (AvgIpc) is 3.21. The van der Waals surface area contributed by atoms with Gasteiger partial charge in [0, 0.05) is 61.2 Å². The van der Waals surface area contributed by atoms with E-state index in [2.05, 4.69) is 6.92 Å². The second-order valence-electron chi connectivity index (χ2n) is 13.2. The quantitative estimate of drug-likeness (QED) is 0.167. The summed E-state index contributed by atoms with van der Waals surface area (Å²) in [5.74, 6) is -0.520. The normalized spacial score (nSPS) is 13.1. The smallest absolute Gasteiger partial charge is 0.196 e. The van der Waals surface area contributed by atoms with Crippen molar-refractivity contribution in [3.63, 3.8) is 0 Å². The van der Waals surface area contributed by atoms with Crippen molar-refractivity contribution in [2.45, 2.75) is 32.6 Å². The third-order valence-electron chi connectivity index (χ3n) is 9.79. The fourth-order valence-electron chi connectivity index (χ4n) is 7.03. The zero-order valence-corrected chi connectivity index (χ0v) is 30.1. The van der Waals surface area contributed by atoms with Gasteiger partial charge < -0.3 is 0 Å². The van der Waals surface area contributed by atoms with Gasteiger partial charge in [0.05, 0.1) is 10.6 Å². The van der Waals surface area contributed by atoms with Crippen LogP contribution in [0.1, 0.15) is 127 Å². The van der Waals surface area contributed by atoms with Crippen molar-refractivity contribution in [1.29, 1.82) is 0 Å². The lowest BCUT2D eigenvalue weighted by Crippen LogP contribution is -2.21. The van der Waals surface area contributed by atoms with Gasteiger partial charge in [0.1, 0.15) is 0 Å². The van der Waals surface area contributed by atoms with Gasteiger partial charge >= 0.3 is 0 Å². The summed E-state index contributed by atoms with van der Waals surface area (Å²) in [6.07, 6.45) is 4.45. The average molecular weight is 729 g/mol. The Morgan fingerprint density at radius 1 is 0.370 bits per heavy atom. The third-order valence-corrected chi connectivity index (χ3v) is 10.1. The summed E-state index contributed by atoms with van der Waals surface area (Å²) < 4.78 is 0. The lowest BCUT2D eigenvalue weighted by molar-refractivity contribution is 0.0979. The van der Waals surface area contributed by atoms with Crippen LogP contribution >= 0.6 is 11.6 Å². The zero-order valence-electron chi connectivity index (χ0n) is 29.4. The van der Waals surface area contributed by atoms with Crippen LogP contribution in [0, 0.1) is 0 Å². The molecule has 7 heteroatoms. The van der Waals surface area contributed by atoms with E-state index in [0.717, 1.165) is 18.4 Å². The molecule has 3 aliphatic carbocycles. The van der Waals surface area contributed by atoms with Crippen molar-refractivity contribution in [1.82, 2.24) is 0 Å². The van der Waals surface area contributed by atoms with Gasteiger partial charge in [-0.25, -0.2) is 0 Å². The van der Waals surface area contributed by atoms with Crippen LogP contribution in [-0.2, 0) is 6.42 Å². The monoisotopic (exact) mass is 728 g/mol. The van der Waals surface area contributed by atoms with Crippen LogP contribution < -0.4 is 0 Å². The molecule has 6 aromatic carbocycles. The van der Waals surface area contributed by atoms with Crippen LogP contribution in [0.25, 0.3) is 0 Å². The number of carbonyl (C=O) groups excluding carboxylic acids is 6. The Bertz CT molecular complexity index is 2440. The summed E-state index contributed by atoms with van der Waals surface area (Å²) in [6, 6.07) is 38.4. The molecule has 0 radical (unpaired) electrons. The molecule has 264 valence electrons. The molecular formula is C47H33ClO6. The summed E-state index contributed by atoms with van der Waals surface area (Å²) in [6.45, 7) is 2.17. The number of aryl methyl sites for hydroxylation is 1. The number of halogens is 1. The van der Waals surface area contributed by atoms with Crippen molar-refractivity contribution in [2.75, 3.05) is 0 Å². The topological polar surface area (TPSA) is 102 Å². The highest BCUT2D eigenvalue weighted by Crippen LogP contribution is 2.32. The summed E-state index contributed by atoms with van der Waals surface area (Å²) >= 11 is 6.00. The summed E-state index contributed by atoms with van der Waals surface area (Å²) in [7, 11) is 0. The highest BCUT2D eigenvalue weighted by Gasteiger charge is 2.32. The number of rotatable bonds is 4. The lowest BCUT2D eigenvalue weighted by atomic mass is 9.83. The van der Waals surface area contributed by atoms with Crippen molar-refractivity contribution >= 4 is 46.3 Å². The van der Waals surface area contributed by atoms with Gasteiger partial charge in [-0.15, -0.1) is 0 Å². The number of hydrogen-bond donors (Lipinski definition) is 0. The van der Waals surface area contributed by atoms with Gasteiger partial charge in [0.25, 0.3) is 0 Å². The highest BCUT2D eigenvalue weighted by atomic mass is 35.5. The Balaban J connectivity index is 0.000000126. The van der Waals surface area contributed by atoms with Crippen LogP contribution in [0.5, 0.6) is 0 Å². The predicted molar refractivity (Wildman–Crippen MR) is 207 cm³/mol. The number of fused-ring (bicyclic) bond motifs is 6. The molecule has 0 unspecified atom stereocenters. The molecule has 0 saturated heterocycles. The molecule has 0 saturated carbocycles. The Labute approximate surface area is 317 Å².